The van der Waals surface area contributed by atoms with Crippen LogP contribution in [0.1, 0.15) is 10.4 Å². The highest BCUT2D eigenvalue weighted by molar-refractivity contribution is 5.95. The Bertz CT molecular complexity index is 754. The summed E-state index contributed by atoms with van der Waals surface area (Å²) in [5.74, 6) is -0.309. The highest BCUT2D eigenvalue weighted by Crippen LogP contribution is 2.18. The molecule has 0 atom stereocenters. The van der Waals surface area contributed by atoms with Gasteiger partial charge in [-0.2, -0.15) is 0 Å². The summed E-state index contributed by atoms with van der Waals surface area (Å²) in [7, 11) is 0. The third kappa shape index (κ3) is 4.06. The molecular formula is C18H19FN4O2. The Morgan fingerprint density at radius 2 is 1.52 bits per heavy atom. The van der Waals surface area contributed by atoms with E-state index in [1.165, 1.54) is 12.1 Å². The van der Waals surface area contributed by atoms with Crippen molar-refractivity contribution < 1.29 is 14.0 Å². The molecule has 1 aliphatic rings. The number of halogens is 1. The summed E-state index contributed by atoms with van der Waals surface area (Å²) in [4.78, 5) is 27.3. The van der Waals surface area contributed by atoms with Crippen LogP contribution in [0.5, 0.6) is 0 Å². The van der Waals surface area contributed by atoms with Crippen molar-refractivity contribution in [1.82, 2.24) is 4.90 Å². The van der Waals surface area contributed by atoms with Crippen LogP contribution in [0.2, 0.25) is 0 Å². The zero-order valence-corrected chi connectivity index (χ0v) is 13.6. The fourth-order valence-electron chi connectivity index (χ4n) is 2.84. The number of nitrogens with one attached hydrogen (secondary N) is 1. The Morgan fingerprint density at radius 1 is 0.920 bits per heavy atom. The Hall–Kier alpha value is -3.09. The second kappa shape index (κ2) is 7.21. The molecule has 0 saturated carbocycles. The summed E-state index contributed by atoms with van der Waals surface area (Å²) in [5, 5.41) is 2.46. The maximum absolute atomic E-state index is 13.0. The zero-order chi connectivity index (χ0) is 17.8. The van der Waals surface area contributed by atoms with Crippen LogP contribution in [0.3, 0.4) is 0 Å². The van der Waals surface area contributed by atoms with Crippen LogP contribution in [-0.4, -0.2) is 43.0 Å². The number of rotatable bonds is 3. The molecule has 2 aromatic carbocycles. The van der Waals surface area contributed by atoms with E-state index < -0.39 is 6.03 Å². The van der Waals surface area contributed by atoms with E-state index in [1.54, 1.807) is 41.3 Å². The largest absolute Gasteiger partial charge is 0.368 e. The molecule has 1 saturated heterocycles. The van der Waals surface area contributed by atoms with E-state index in [-0.39, 0.29) is 11.7 Å². The third-order valence-corrected chi connectivity index (χ3v) is 4.16. The predicted molar refractivity (Wildman–Crippen MR) is 94.2 cm³/mol. The van der Waals surface area contributed by atoms with Crippen molar-refractivity contribution in [2.75, 3.05) is 36.4 Å². The number of hydrogen-bond acceptors (Lipinski definition) is 3. The van der Waals surface area contributed by atoms with Crippen LogP contribution in [-0.2, 0) is 0 Å². The molecule has 6 nitrogen and oxygen atoms in total. The summed E-state index contributed by atoms with van der Waals surface area (Å²) >= 11 is 0. The van der Waals surface area contributed by atoms with Crippen LogP contribution in [0.25, 0.3) is 0 Å². The summed E-state index contributed by atoms with van der Waals surface area (Å²) in [6.45, 7) is 2.58. The van der Waals surface area contributed by atoms with Gasteiger partial charge in [-0.3, -0.25) is 4.79 Å². The molecule has 0 bridgehead atoms. The number of nitrogens with zero attached hydrogens (tertiary/aromatic N) is 2. The first-order valence-electron chi connectivity index (χ1n) is 7.99. The lowest BCUT2D eigenvalue weighted by Gasteiger charge is -2.36. The maximum atomic E-state index is 13.0. The molecule has 130 valence electrons. The van der Waals surface area contributed by atoms with Crippen LogP contribution in [0, 0.1) is 5.82 Å². The molecule has 0 aromatic heterocycles. The smallest absolute Gasteiger partial charge is 0.316 e. The van der Waals surface area contributed by atoms with Gasteiger partial charge < -0.3 is 20.9 Å². The molecule has 0 unspecified atom stereocenters. The van der Waals surface area contributed by atoms with Crippen molar-refractivity contribution in [1.29, 1.82) is 0 Å². The first-order chi connectivity index (χ1) is 12.0. The predicted octanol–water partition coefficient (Wildman–Crippen LogP) is 2.28. The zero-order valence-electron chi connectivity index (χ0n) is 13.6. The first-order valence-corrected chi connectivity index (χ1v) is 7.99. The molecule has 1 aliphatic heterocycles. The van der Waals surface area contributed by atoms with Gasteiger partial charge in [0.2, 0.25) is 0 Å². The molecule has 2 aromatic rings. The highest BCUT2D eigenvalue weighted by atomic mass is 19.1. The highest BCUT2D eigenvalue weighted by Gasteiger charge is 2.22. The fourth-order valence-corrected chi connectivity index (χ4v) is 2.84. The van der Waals surface area contributed by atoms with Crippen molar-refractivity contribution in [3.63, 3.8) is 0 Å². The van der Waals surface area contributed by atoms with E-state index in [9.17, 15) is 14.0 Å². The van der Waals surface area contributed by atoms with Gasteiger partial charge in [0.25, 0.3) is 5.91 Å². The van der Waals surface area contributed by atoms with Crippen molar-refractivity contribution in [3.8, 4) is 0 Å². The summed E-state index contributed by atoms with van der Waals surface area (Å²) in [6.07, 6.45) is 0. The fraction of sp³-hybridized carbons (Fsp3) is 0.222. The van der Waals surface area contributed by atoms with Gasteiger partial charge in [-0.05, 0) is 48.5 Å². The van der Waals surface area contributed by atoms with Gasteiger partial charge >= 0.3 is 6.03 Å². The van der Waals surface area contributed by atoms with Gasteiger partial charge in [0.15, 0.2) is 0 Å². The molecule has 3 amide bonds. The second-order valence-corrected chi connectivity index (χ2v) is 5.82. The average molecular weight is 342 g/mol. The van der Waals surface area contributed by atoms with Crippen molar-refractivity contribution in [2.24, 2.45) is 5.73 Å². The number of anilines is 2. The molecule has 1 fully saturated rings. The van der Waals surface area contributed by atoms with Crippen molar-refractivity contribution >= 4 is 23.3 Å². The summed E-state index contributed by atoms with van der Waals surface area (Å²) in [5.41, 5.74) is 7.12. The minimum Gasteiger partial charge on any atom is -0.368 e. The lowest BCUT2D eigenvalue weighted by Crippen LogP contribution is -2.48. The molecule has 0 radical (unpaired) electrons. The third-order valence-electron chi connectivity index (χ3n) is 4.16. The molecular weight excluding hydrogens is 323 g/mol. The van der Waals surface area contributed by atoms with E-state index in [4.69, 9.17) is 5.73 Å². The molecule has 3 N–H and O–H groups in total. The molecule has 3 rings (SSSR count). The van der Waals surface area contributed by atoms with Gasteiger partial charge in [-0.15, -0.1) is 0 Å². The summed E-state index contributed by atoms with van der Waals surface area (Å²) < 4.78 is 13.0. The number of nitrogens with two attached hydrogens (primary N) is 1. The Morgan fingerprint density at radius 3 is 2.08 bits per heavy atom. The van der Waals surface area contributed by atoms with Crippen LogP contribution >= 0.6 is 0 Å². The second-order valence-electron chi connectivity index (χ2n) is 5.82. The normalized spacial score (nSPS) is 14.3. The van der Waals surface area contributed by atoms with Gasteiger partial charge in [0.1, 0.15) is 5.82 Å². The number of hydrogen-bond donors (Lipinski definition) is 2. The van der Waals surface area contributed by atoms with Crippen LogP contribution in [0.4, 0.5) is 20.6 Å². The number of amides is 3. The van der Waals surface area contributed by atoms with Gasteiger partial charge in [-0.25, -0.2) is 9.18 Å². The Balaban J connectivity index is 1.59. The van der Waals surface area contributed by atoms with E-state index in [2.05, 4.69) is 10.2 Å². The molecule has 1 heterocycles. The number of primary amides is 1. The van der Waals surface area contributed by atoms with E-state index >= 15 is 0 Å². The Labute approximate surface area is 145 Å². The van der Waals surface area contributed by atoms with Crippen LogP contribution < -0.4 is 16.0 Å². The molecule has 25 heavy (non-hydrogen) atoms. The topological polar surface area (TPSA) is 78.7 Å². The maximum Gasteiger partial charge on any atom is 0.316 e. The summed E-state index contributed by atoms with van der Waals surface area (Å²) in [6, 6.07) is 12.4. The number of urea groups is 1. The first kappa shape index (κ1) is 16.8. The van der Waals surface area contributed by atoms with E-state index in [0.717, 1.165) is 5.69 Å². The molecule has 7 heteroatoms. The van der Waals surface area contributed by atoms with Gasteiger partial charge in [0.05, 0.1) is 0 Å². The minimum atomic E-state index is -0.643. The van der Waals surface area contributed by atoms with Crippen molar-refractivity contribution in [2.45, 2.75) is 0 Å². The van der Waals surface area contributed by atoms with Crippen molar-refractivity contribution in [3.05, 3.63) is 59.9 Å². The monoisotopic (exact) mass is 342 g/mol. The van der Waals surface area contributed by atoms with Gasteiger partial charge in [0, 0.05) is 43.1 Å². The van der Waals surface area contributed by atoms with Crippen LogP contribution in [0.15, 0.2) is 48.5 Å². The number of benzene rings is 2. The standard InChI is InChI=1S/C18H19FN4O2/c19-14-3-7-16(8-4-14)22-9-11-23(12-10-22)17(24)13-1-5-15(6-2-13)21-18(20)25/h1-8H,9-12H2,(H3,20,21,25). The molecule has 0 aliphatic carbocycles. The van der Waals surface area contributed by atoms with E-state index in [1.807, 2.05) is 0 Å². The Kier molecular flexibility index (Phi) is 4.83. The average Bonchev–Trinajstić information content (AvgIpc) is 2.62. The lowest BCUT2D eigenvalue weighted by atomic mass is 10.1. The quantitative estimate of drug-likeness (QED) is 0.898. The molecule has 0 spiro atoms. The van der Waals surface area contributed by atoms with E-state index in [0.29, 0.717) is 37.4 Å². The number of carbonyl (C=O) groups excluding carboxylic acids is 2. The minimum absolute atomic E-state index is 0.0515. The van der Waals surface area contributed by atoms with Gasteiger partial charge in [-0.1, -0.05) is 0 Å². The lowest BCUT2D eigenvalue weighted by molar-refractivity contribution is 0.0747. The SMILES string of the molecule is NC(=O)Nc1ccc(C(=O)N2CCN(c3ccc(F)cc3)CC2)cc1. The number of carbonyl (C=O) groups is 2. The number of piperazine rings is 1.